The standard InChI is InChI=1S/C9H12N2O2.ClH/c10-11-5-7-6-12-8-3-1-2-4-9(8)13-7;/h1-4,7,11H,5-6,10H2;1H. The normalized spacial score (nSPS) is 18.5. The fourth-order valence-corrected chi connectivity index (χ4v) is 1.30. The summed E-state index contributed by atoms with van der Waals surface area (Å²) in [6, 6.07) is 7.61. The largest absolute Gasteiger partial charge is 0.486 e. The molecule has 78 valence electrons. The molecule has 0 saturated carbocycles. The zero-order valence-corrected chi connectivity index (χ0v) is 8.42. The highest BCUT2D eigenvalue weighted by Gasteiger charge is 2.19. The van der Waals surface area contributed by atoms with E-state index < -0.39 is 0 Å². The van der Waals surface area contributed by atoms with Gasteiger partial charge in [-0.05, 0) is 12.1 Å². The van der Waals surface area contributed by atoms with Crippen LogP contribution in [-0.2, 0) is 0 Å². The van der Waals surface area contributed by atoms with E-state index in [0.29, 0.717) is 13.2 Å². The van der Waals surface area contributed by atoms with Crippen LogP contribution in [0.2, 0.25) is 0 Å². The predicted octanol–water partition coefficient (Wildman–Crippen LogP) is 0.711. The molecular weight excluding hydrogens is 204 g/mol. The third-order valence-electron chi connectivity index (χ3n) is 1.91. The summed E-state index contributed by atoms with van der Waals surface area (Å²) < 4.78 is 11.1. The van der Waals surface area contributed by atoms with Crippen molar-refractivity contribution >= 4 is 12.4 Å². The smallest absolute Gasteiger partial charge is 0.161 e. The highest BCUT2D eigenvalue weighted by Crippen LogP contribution is 2.30. The topological polar surface area (TPSA) is 56.5 Å². The maximum atomic E-state index is 5.60. The minimum atomic E-state index is -0.0000926. The van der Waals surface area contributed by atoms with E-state index in [0.717, 1.165) is 11.5 Å². The molecule has 0 aromatic heterocycles. The second-order valence-electron chi connectivity index (χ2n) is 2.91. The van der Waals surface area contributed by atoms with Gasteiger partial charge in [0, 0.05) is 0 Å². The number of fused-ring (bicyclic) bond motifs is 1. The fourth-order valence-electron chi connectivity index (χ4n) is 1.30. The molecule has 4 nitrogen and oxygen atoms in total. The van der Waals surface area contributed by atoms with Gasteiger partial charge < -0.3 is 9.47 Å². The summed E-state index contributed by atoms with van der Waals surface area (Å²) in [5.74, 6) is 6.78. The maximum absolute atomic E-state index is 5.60. The van der Waals surface area contributed by atoms with Gasteiger partial charge in [-0.25, -0.2) is 0 Å². The van der Waals surface area contributed by atoms with Crippen molar-refractivity contribution < 1.29 is 9.47 Å². The van der Waals surface area contributed by atoms with Crippen molar-refractivity contribution in [3.8, 4) is 11.5 Å². The summed E-state index contributed by atoms with van der Waals surface area (Å²) >= 11 is 0. The molecule has 1 atom stereocenters. The van der Waals surface area contributed by atoms with Crippen LogP contribution < -0.4 is 20.7 Å². The Kier molecular flexibility index (Phi) is 4.00. The van der Waals surface area contributed by atoms with Crippen LogP contribution in [0.15, 0.2) is 24.3 Å². The number of para-hydroxylation sites is 2. The molecular formula is C9H13ClN2O2. The number of benzene rings is 1. The number of rotatable bonds is 2. The van der Waals surface area contributed by atoms with E-state index in [1.54, 1.807) is 0 Å². The minimum absolute atomic E-state index is 0. The van der Waals surface area contributed by atoms with E-state index in [2.05, 4.69) is 5.43 Å². The Bertz CT molecular complexity index is 296. The van der Waals surface area contributed by atoms with Gasteiger partial charge in [-0.2, -0.15) is 0 Å². The molecule has 0 bridgehead atoms. The first-order chi connectivity index (χ1) is 6.40. The predicted molar refractivity (Wildman–Crippen MR) is 55.8 cm³/mol. The highest BCUT2D eigenvalue weighted by atomic mass is 35.5. The molecule has 14 heavy (non-hydrogen) atoms. The van der Waals surface area contributed by atoms with Gasteiger partial charge >= 0.3 is 0 Å². The first-order valence-corrected chi connectivity index (χ1v) is 4.22. The van der Waals surface area contributed by atoms with Crippen molar-refractivity contribution in [1.29, 1.82) is 0 Å². The summed E-state index contributed by atoms with van der Waals surface area (Å²) in [5.41, 5.74) is 2.56. The molecule has 1 aliphatic heterocycles. The summed E-state index contributed by atoms with van der Waals surface area (Å²) in [4.78, 5) is 0. The van der Waals surface area contributed by atoms with Crippen molar-refractivity contribution in [2.24, 2.45) is 5.84 Å². The van der Waals surface area contributed by atoms with Crippen LogP contribution in [0.4, 0.5) is 0 Å². The molecule has 0 saturated heterocycles. The van der Waals surface area contributed by atoms with E-state index in [4.69, 9.17) is 15.3 Å². The Morgan fingerprint density at radius 1 is 1.36 bits per heavy atom. The van der Waals surface area contributed by atoms with Crippen LogP contribution in [-0.4, -0.2) is 19.3 Å². The van der Waals surface area contributed by atoms with Crippen LogP contribution in [0.5, 0.6) is 11.5 Å². The van der Waals surface area contributed by atoms with Crippen LogP contribution in [0.3, 0.4) is 0 Å². The lowest BCUT2D eigenvalue weighted by molar-refractivity contribution is 0.0906. The minimum Gasteiger partial charge on any atom is -0.486 e. The fraction of sp³-hybridized carbons (Fsp3) is 0.333. The first-order valence-electron chi connectivity index (χ1n) is 4.22. The molecule has 0 amide bonds. The third-order valence-corrected chi connectivity index (χ3v) is 1.91. The molecule has 2 rings (SSSR count). The van der Waals surface area contributed by atoms with E-state index >= 15 is 0 Å². The maximum Gasteiger partial charge on any atom is 0.161 e. The molecule has 1 aromatic rings. The lowest BCUT2D eigenvalue weighted by Crippen LogP contribution is -2.41. The number of hydrogen-bond acceptors (Lipinski definition) is 4. The van der Waals surface area contributed by atoms with Crippen LogP contribution in [0.1, 0.15) is 0 Å². The molecule has 3 N–H and O–H groups in total. The van der Waals surface area contributed by atoms with Gasteiger partial charge in [0.2, 0.25) is 0 Å². The van der Waals surface area contributed by atoms with Gasteiger partial charge in [-0.1, -0.05) is 12.1 Å². The number of hydrogen-bond donors (Lipinski definition) is 2. The lowest BCUT2D eigenvalue weighted by Gasteiger charge is -2.25. The number of halogens is 1. The lowest BCUT2D eigenvalue weighted by atomic mass is 10.2. The summed E-state index contributed by atoms with van der Waals surface area (Å²) in [6.07, 6.45) is -0.0000926. The zero-order valence-electron chi connectivity index (χ0n) is 7.60. The molecule has 0 spiro atoms. The quantitative estimate of drug-likeness (QED) is 0.565. The van der Waals surface area contributed by atoms with Crippen molar-refractivity contribution in [2.75, 3.05) is 13.2 Å². The van der Waals surface area contributed by atoms with Crippen LogP contribution in [0.25, 0.3) is 0 Å². The first kappa shape index (κ1) is 11.1. The number of ether oxygens (including phenoxy) is 2. The Balaban J connectivity index is 0.000000980. The molecule has 0 fully saturated rings. The average molecular weight is 217 g/mol. The van der Waals surface area contributed by atoms with E-state index in [1.165, 1.54) is 0 Å². The van der Waals surface area contributed by atoms with Gasteiger partial charge in [-0.15, -0.1) is 12.4 Å². The Morgan fingerprint density at radius 3 is 2.79 bits per heavy atom. The summed E-state index contributed by atoms with van der Waals surface area (Å²) in [5, 5.41) is 0. The average Bonchev–Trinajstić information content (AvgIpc) is 2.18. The van der Waals surface area contributed by atoms with Gasteiger partial charge in [-0.3, -0.25) is 11.3 Å². The Morgan fingerprint density at radius 2 is 2.07 bits per heavy atom. The summed E-state index contributed by atoms with van der Waals surface area (Å²) in [6.45, 7) is 1.13. The SMILES string of the molecule is Cl.NNCC1COc2ccccc2O1. The van der Waals surface area contributed by atoms with E-state index in [-0.39, 0.29) is 18.5 Å². The van der Waals surface area contributed by atoms with Crippen molar-refractivity contribution in [2.45, 2.75) is 6.10 Å². The van der Waals surface area contributed by atoms with Crippen molar-refractivity contribution in [3.63, 3.8) is 0 Å². The van der Waals surface area contributed by atoms with Crippen LogP contribution in [0, 0.1) is 0 Å². The van der Waals surface area contributed by atoms with Gasteiger partial charge in [0.25, 0.3) is 0 Å². The summed E-state index contributed by atoms with van der Waals surface area (Å²) in [7, 11) is 0. The Labute approximate surface area is 88.8 Å². The molecule has 5 heteroatoms. The number of nitrogens with one attached hydrogen (secondary N) is 1. The van der Waals surface area contributed by atoms with E-state index in [1.807, 2.05) is 24.3 Å². The molecule has 1 aromatic carbocycles. The zero-order chi connectivity index (χ0) is 9.10. The molecule has 1 unspecified atom stereocenters. The highest BCUT2D eigenvalue weighted by molar-refractivity contribution is 5.85. The van der Waals surface area contributed by atoms with Crippen molar-refractivity contribution in [1.82, 2.24) is 5.43 Å². The van der Waals surface area contributed by atoms with Crippen LogP contribution >= 0.6 is 12.4 Å². The number of nitrogens with two attached hydrogens (primary N) is 1. The van der Waals surface area contributed by atoms with E-state index in [9.17, 15) is 0 Å². The van der Waals surface area contributed by atoms with Gasteiger partial charge in [0.05, 0.1) is 6.54 Å². The second kappa shape index (κ2) is 5.05. The second-order valence-corrected chi connectivity index (χ2v) is 2.91. The molecule has 0 radical (unpaired) electrons. The Hall–Kier alpha value is -0.970. The molecule has 1 aliphatic rings. The van der Waals surface area contributed by atoms with Gasteiger partial charge in [0.1, 0.15) is 12.7 Å². The molecule has 0 aliphatic carbocycles. The van der Waals surface area contributed by atoms with Gasteiger partial charge in [0.15, 0.2) is 11.5 Å². The number of hydrazine groups is 1. The van der Waals surface area contributed by atoms with Crippen molar-refractivity contribution in [3.05, 3.63) is 24.3 Å². The molecule has 1 heterocycles. The third kappa shape index (κ3) is 2.29. The monoisotopic (exact) mass is 216 g/mol.